The summed E-state index contributed by atoms with van der Waals surface area (Å²) in [6, 6.07) is 14.0. The lowest BCUT2D eigenvalue weighted by Gasteiger charge is -2.16. The third-order valence-corrected chi connectivity index (χ3v) is 5.29. The molecule has 0 heterocycles. The molecule has 2 rings (SSSR count). The van der Waals surface area contributed by atoms with E-state index in [2.05, 4.69) is 10.6 Å². The number of rotatable bonds is 6. The van der Waals surface area contributed by atoms with Crippen molar-refractivity contribution in [3.63, 3.8) is 0 Å². The van der Waals surface area contributed by atoms with E-state index in [-0.39, 0.29) is 17.3 Å². The van der Waals surface area contributed by atoms with Crippen LogP contribution < -0.4 is 10.6 Å². The van der Waals surface area contributed by atoms with Crippen LogP contribution in [0, 0.1) is 6.92 Å². The second-order valence-corrected chi connectivity index (χ2v) is 7.67. The van der Waals surface area contributed by atoms with Crippen LogP contribution in [0.4, 0.5) is 11.4 Å². The molecule has 0 spiro atoms. The fourth-order valence-corrected chi connectivity index (χ4v) is 3.11. The van der Waals surface area contributed by atoms with Crippen molar-refractivity contribution in [2.75, 3.05) is 31.3 Å². The van der Waals surface area contributed by atoms with E-state index >= 15 is 0 Å². The number of hydrogen-bond donors (Lipinski definition) is 2. The number of aryl methyl sites for hydroxylation is 1. The molecule has 7 heteroatoms. The van der Waals surface area contributed by atoms with E-state index in [0.29, 0.717) is 11.4 Å². The summed E-state index contributed by atoms with van der Waals surface area (Å²) in [4.78, 5) is 12.2. The van der Waals surface area contributed by atoms with E-state index in [1.807, 2.05) is 31.2 Å². The molecule has 0 radical (unpaired) electrons. The van der Waals surface area contributed by atoms with Gasteiger partial charge in [-0.25, -0.2) is 12.7 Å². The SMILES string of the molecule is Cc1ccc(NC(=O)CNc2ccccc2S(=O)(=O)N(C)C)cc1. The van der Waals surface area contributed by atoms with Gasteiger partial charge in [-0.15, -0.1) is 0 Å². The number of hydrogen-bond acceptors (Lipinski definition) is 4. The van der Waals surface area contributed by atoms with Gasteiger partial charge in [0.05, 0.1) is 12.2 Å². The van der Waals surface area contributed by atoms with Crippen LogP contribution in [0.2, 0.25) is 0 Å². The molecule has 6 nitrogen and oxygen atoms in total. The molecule has 0 atom stereocenters. The van der Waals surface area contributed by atoms with Gasteiger partial charge in [-0.1, -0.05) is 29.8 Å². The quantitative estimate of drug-likeness (QED) is 0.840. The van der Waals surface area contributed by atoms with Gasteiger partial charge in [0.25, 0.3) is 0 Å². The summed E-state index contributed by atoms with van der Waals surface area (Å²) in [5.74, 6) is -0.254. The molecule has 0 aromatic heterocycles. The summed E-state index contributed by atoms with van der Waals surface area (Å²) < 4.78 is 25.8. The van der Waals surface area contributed by atoms with Gasteiger partial charge in [-0.3, -0.25) is 4.79 Å². The van der Waals surface area contributed by atoms with Gasteiger partial charge in [0.1, 0.15) is 4.90 Å². The Kier molecular flexibility index (Phi) is 5.58. The van der Waals surface area contributed by atoms with Crippen molar-refractivity contribution in [3.8, 4) is 0 Å². The molecule has 0 saturated heterocycles. The number of nitrogens with zero attached hydrogens (tertiary/aromatic N) is 1. The second-order valence-electron chi connectivity index (χ2n) is 5.55. The fourth-order valence-electron chi connectivity index (χ4n) is 2.05. The summed E-state index contributed by atoms with van der Waals surface area (Å²) in [7, 11) is -0.643. The molecular formula is C17H21N3O3S. The van der Waals surface area contributed by atoms with Gasteiger partial charge < -0.3 is 10.6 Å². The van der Waals surface area contributed by atoms with Crippen LogP contribution in [0.25, 0.3) is 0 Å². The first kappa shape index (κ1) is 18.0. The molecule has 0 aliphatic carbocycles. The monoisotopic (exact) mass is 347 g/mol. The van der Waals surface area contributed by atoms with Crippen LogP contribution in [0.15, 0.2) is 53.4 Å². The third kappa shape index (κ3) is 4.33. The zero-order valence-electron chi connectivity index (χ0n) is 13.9. The molecule has 1 amide bonds. The van der Waals surface area contributed by atoms with E-state index in [1.54, 1.807) is 18.2 Å². The van der Waals surface area contributed by atoms with E-state index < -0.39 is 10.0 Å². The van der Waals surface area contributed by atoms with Crippen molar-refractivity contribution < 1.29 is 13.2 Å². The highest BCUT2D eigenvalue weighted by molar-refractivity contribution is 7.89. The van der Waals surface area contributed by atoms with Crippen molar-refractivity contribution in [1.29, 1.82) is 0 Å². The minimum absolute atomic E-state index is 0.0339. The second kappa shape index (κ2) is 7.46. The Labute approximate surface area is 142 Å². The average Bonchev–Trinajstić information content (AvgIpc) is 2.55. The number of para-hydroxylation sites is 1. The molecule has 2 aromatic carbocycles. The van der Waals surface area contributed by atoms with E-state index in [4.69, 9.17) is 0 Å². The number of anilines is 2. The van der Waals surface area contributed by atoms with Crippen molar-refractivity contribution in [3.05, 3.63) is 54.1 Å². The Bertz CT molecular complexity index is 815. The lowest BCUT2D eigenvalue weighted by molar-refractivity contribution is -0.114. The molecule has 0 saturated carbocycles. The maximum atomic E-state index is 12.3. The summed E-state index contributed by atoms with van der Waals surface area (Å²) >= 11 is 0. The van der Waals surface area contributed by atoms with E-state index in [1.165, 1.54) is 20.2 Å². The Morgan fingerprint density at radius 3 is 2.29 bits per heavy atom. The van der Waals surface area contributed by atoms with Gasteiger partial charge in [0, 0.05) is 19.8 Å². The number of carbonyl (C=O) groups is 1. The highest BCUT2D eigenvalue weighted by atomic mass is 32.2. The molecule has 0 aliphatic heterocycles. The normalized spacial score (nSPS) is 11.3. The van der Waals surface area contributed by atoms with Crippen LogP contribution in [0.1, 0.15) is 5.56 Å². The van der Waals surface area contributed by atoms with Gasteiger partial charge in [0.2, 0.25) is 15.9 Å². The zero-order chi connectivity index (χ0) is 17.7. The van der Waals surface area contributed by atoms with Crippen LogP contribution in [0.3, 0.4) is 0 Å². The maximum absolute atomic E-state index is 12.3. The van der Waals surface area contributed by atoms with Crippen molar-refractivity contribution in [1.82, 2.24) is 4.31 Å². The van der Waals surface area contributed by atoms with Crippen molar-refractivity contribution in [2.24, 2.45) is 0 Å². The van der Waals surface area contributed by atoms with Crippen LogP contribution in [0.5, 0.6) is 0 Å². The molecular weight excluding hydrogens is 326 g/mol. The minimum Gasteiger partial charge on any atom is -0.375 e. The summed E-state index contributed by atoms with van der Waals surface area (Å²) in [6.07, 6.45) is 0. The maximum Gasteiger partial charge on any atom is 0.244 e. The Morgan fingerprint density at radius 1 is 1.04 bits per heavy atom. The Morgan fingerprint density at radius 2 is 1.67 bits per heavy atom. The van der Waals surface area contributed by atoms with E-state index in [0.717, 1.165) is 9.87 Å². The number of amides is 1. The molecule has 0 bridgehead atoms. The lowest BCUT2D eigenvalue weighted by atomic mass is 10.2. The highest BCUT2D eigenvalue weighted by Crippen LogP contribution is 2.22. The molecule has 0 fully saturated rings. The van der Waals surface area contributed by atoms with Gasteiger partial charge in [0.15, 0.2) is 0 Å². The Hall–Kier alpha value is -2.38. The van der Waals surface area contributed by atoms with Gasteiger partial charge in [-0.05, 0) is 31.2 Å². The Balaban J connectivity index is 2.07. The zero-order valence-corrected chi connectivity index (χ0v) is 14.7. The van der Waals surface area contributed by atoms with Crippen LogP contribution in [-0.2, 0) is 14.8 Å². The fraction of sp³-hybridized carbons (Fsp3) is 0.235. The number of nitrogens with one attached hydrogen (secondary N) is 2. The van der Waals surface area contributed by atoms with Crippen molar-refractivity contribution in [2.45, 2.75) is 11.8 Å². The molecule has 0 aliphatic rings. The molecule has 2 N–H and O–H groups in total. The predicted molar refractivity (Wildman–Crippen MR) is 95.6 cm³/mol. The first-order valence-electron chi connectivity index (χ1n) is 7.42. The molecule has 0 unspecified atom stereocenters. The summed E-state index contributed by atoms with van der Waals surface area (Å²) in [5.41, 5.74) is 2.20. The topological polar surface area (TPSA) is 78.5 Å². The first-order valence-corrected chi connectivity index (χ1v) is 8.86. The molecule has 128 valence electrons. The average molecular weight is 347 g/mol. The molecule has 2 aromatic rings. The third-order valence-electron chi connectivity index (χ3n) is 3.42. The summed E-state index contributed by atoms with van der Waals surface area (Å²) in [6.45, 7) is 1.93. The predicted octanol–water partition coefficient (Wildman–Crippen LogP) is 2.30. The lowest BCUT2D eigenvalue weighted by Crippen LogP contribution is -2.25. The summed E-state index contributed by atoms with van der Waals surface area (Å²) in [5, 5.41) is 5.65. The van der Waals surface area contributed by atoms with Gasteiger partial charge >= 0.3 is 0 Å². The number of benzene rings is 2. The van der Waals surface area contributed by atoms with Crippen molar-refractivity contribution >= 4 is 27.3 Å². The highest BCUT2D eigenvalue weighted by Gasteiger charge is 2.20. The number of carbonyl (C=O) groups excluding carboxylic acids is 1. The van der Waals surface area contributed by atoms with Crippen LogP contribution >= 0.6 is 0 Å². The van der Waals surface area contributed by atoms with Gasteiger partial charge in [-0.2, -0.15) is 0 Å². The largest absolute Gasteiger partial charge is 0.375 e. The number of sulfonamides is 1. The van der Waals surface area contributed by atoms with Crippen LogP contribution in [-0.4, -0.2) is 39.3 Å². The molecule has 24 heavy (non-hydrogen) atoms. The standard InChI is InChI=1S/C17H21N3O3S/c1-13-8-10-14(11-9-13)19-17(21)12-18-15-6-4-5-7-16(15)24(22,23)20(2)3/h4-11,18H,12H2,1-3H3,(H,19,21). The minimum atomic E-state index is -3.58. The van der Waals surface area contributed by atoms with E-state index in [9.17, 15) is 13.2 Å². The first-order chi connectivity index (χ1) is 11.3. The smallest absolute Gasteiger partial charge is 0.244 e.